The number of Topliss-reactive ketones (excluding diaryl/α,β-unsaturated/α-hetero) is 1. The number of hydrogen-bond acceptors (Lipinski definition) is 6. The van der Waals surface area contributed by atoms with E-state index < -0.39 is 0 Å². The first-order valence-corrected chi connectivity index (χ1v) is 11.7. The molecule has 0 bridgehead atoms. The molecule has 0 atom stereocenters. The minimum atomic E-state index is -0.385. The van der Waals surface area contributed by atoms with Crippen LogP contribution in [0.15, 0.2) is 48.5 Å². The van der Waals surface area contributed by atoms with Gasteiger partial charge in [-0.05, 0) is 62.1 Å². The maximum atomic E-state index is 13.0. The lowest BCUT2D eigenvalue weighted by molar-refractivity contribution is -0.122. The van der Waals surface area contributed by atoms with E-state index in [0.29, 0.717) is 11.5 Å². The van der Waals surface area contributed by atoms with Crippen molar-refractivity contribution in [2.24, 2.45) is 0 Å². The number of anilines is 2. The van der Waals surface area contributed by atoms with Crippen molar-refractivity contribution in [2.75, 3.05) is 24.3 Å². The van der Waals surface area contributed by atoms with Gasteiger partial charge in [0.25, 0.3) is 0 Å². The average molecular weight is 464 g/mol. The molecule has 0 unspecified atom stereocenters. The molecule has 0 saturated heterocycles. The number of fused-ring (bicyclic) bond motifs is 1. The number of ketones is 1. The van der Waals surface area contributed by atoms with Crippen molar-refractivity contribution in [3.8, 4) is 0 Å². The monoisotopic (exact) mass is 463 g/mol. The number of para-hydroxylation sites is 1. The van der Waals surface area contributed by atoms with Gasteiger partial charge in [-0.3, -0.25) is 9.59 Å². The van der Waals surface area contributed by atoms with Crippen molar-refractivity contribution in [3.05, 3.63) is 59.9 Å². The molecule has 0 aliphatic heterocycles. The zero-order chi connectivity index (χ0) is 24.1. The zero-order valence-corrected chi connectivity index (χ0v) is 19.6. The quantitative estimate of drug-likeness (QED) is 0.484. The predicted molar refractivity (Wildman–Crippen MR) is 132 cm³/mol. The summed E-state index contributed by atoms with van der Waals surface area (Å²) < 4.78 is 13.0. The lowest BCUT2D eigenvalue weighted by atomic mass is 9.91. The van der Waals surface area contributed by atoms with Crippen LogP contribution in [0.3, 0.4) is 0 Å². The summed E-state index contributed by atoms with van der Waals surface area (Å²) in [7, 11) is 3.94. The van der Waals surface area contributed by atoms with E-state index in [4.69, 9.17) is 4.98 Å². The smallest absolute Gasteiger partial charge is 0.225 e. The Bertz CT molecular complexity index is 1160. The number of nitrogens with one attached hydrogen (secondary N) is 2. The van der Waals surface area contributed by atoms with Crippen LogP contribution in [0.5, 0.6) is 0 Å². The number of aromatic nitrogens is 2. The third-order valence-electron chi connectivity index (χ3n) is 6.18. The molecule has 1 amide bonds. The van der Waals surface area contributed by atoms with Crippen molar-refractivity contribution in [1.29, 1.82) is 0 Å². The first-order chi connectivity index (χ1) is 16.4. The van der Waals surface area contributed by atoms with Crippen LogP contribution < -0.4 is 15.5 Å². The van der Waals surface area contributed by atoms with E-state index in [1.54, 1.807) is 0 Å². The molecule has 34 heavy (non-hydrogen) atoms. The fraction of sp³-hybridized carbons (Fsp3) is 0.385. The molecule has 1 saturated carbocycles. The van der Waals surface area contributed by atoms with E-state index in [0.717, 1.165) is 42.4 Å². The normalized spacial score (nSPS) is 17.9. The van der Waals surface area contributed by atoms with Gasteiger partial charge in [-0.15, -0.1) is 0 Å². The van der Waals surface area contributed by atoms with Crippen LogP contribution in [0.1, 0.15) is 48.9 Å². The van der Waals surface area contributed by atoms with Gasteiger partial charge in [0.1, 0.15) is 11.6 Å². The maximum absolute atomic E-state index is 13.0. The van der Waals surface area contributed by atoms with Gasteiger partial charge in [-0.1, -0.05) is 12.1 Å². The topological polar surface area (TPSA) is 87.2 Å². The van der Waals surface area contributed by atoms with Crippen molar-refractivity contribution in [3.63, 3.8) is 0 Å². The van der Waals surface area contributed by atoms with Crippen molar-refractivity contribution < 1.29 is 14.0 Å². The highest BCUT2D eigenvalue weighted by molar-refractivity contribution is 5.98. The first-order valence-electron chi connectivity index (χ1n) is 11.7. The molecule has 1 heterocycles. The second kappa shape index (κ2) is 10.6. The van der Waals surface area contributed by atoms with Gasteiger partial charge in [-0.2, -0.15) is 4.98 Å². The maximum Gasteiger partial charge on any atom is 0.225 e. The van der Waals surface area contributed by atoms with E-state index in [1.807, 2.05) is 43.3 Å². The van der Waals surface area contributed by atoms with Gasteiger partial charge in [0.2, 0.25) is 11.9 Å². The van der Waals surface area contributed by atoms with Gasteiger partial charge in [0, 0.05) is 50.0 Å². The Hall–Kier alpha value is -3.55. The van der Waals surface area contributed by atoms with Gasteiger partial charge >= 0.3 is 0 Å². The molecular formula is C26H30FN5O2. The molecule has 1 aliphatic carbocycles. The molecule has 2 aromatic carbocycles. The van der Waals surface area contributed by atoms with Crippen LogP contribution in [-0.2, 0) is 4.79 Å². The lowest BCUT2D eigenvalue weighted by Crippen LogP contribution is -2.40. The van der Waals surface area contributed by atoms with Crippen LogP contribution in [0.25, 0.3) is 10.9 Å². The summed E-state index contributed by atoms with van der Waals surface area (Å²) in [6.45, 7) is 0. The Morgan fingerprint density at radius 3 is 2.32 bits per heavy atom. The number of hydrogen-bond donors (Lipinski definition) is 2. The summed E-state index contributed by atoms with van der Waals surface area (Å²) in [5.74, 6) is 0.832. The fourth-order valence-electron chi connectivity index (χ4n) is 4.34. The minimum Gasteiger partial charge on any atom is -0.362 e. The number of benzene rings is 2. The number of amides is 1. The summed E-state index contributed by atoms with van der Waals surface area (Å²) >= 11 is 0. The van der Waals surface area contributed by atoms with Crippen molar-refractivity contribution >= 4 is 34.4 Å². The molecule has 8 heteroatoms. The van der Waals surface area contributed by atoms with Crippen LogP contribution in [0, 0.1) is 5.82 Å². The highest BCUT2D eigenvalue weighted by atomic mass is 19.1. The number of carbonyl (C=O) groups is 2. The van der Waals surface area contributed by atoms with Gasteiger partial charge in [-0.25, -0.2) is 9.37 Å². The molecule has 178 valence electrons. The molecule has 0 radical (unpaired) electrons. The predicted octanol–water partition coefficient (Wildman–Crippen LogP) is 4.34. The minimum absolute atomic E-state index is 0.0985. The Kier molecular flexibility index (Phi) is 7.35. The highest BCUT2D eigenvalue weighted by Gasteiger charge is 2.23. The van der Waals surface area contributed by atoms with Gasteiger partial charge < -0.3 is 15.5 Å². The summed E-state index contributed by atoms with van der Waals surface area (Å²) in [4.78, 5) is 35.9. The standard InChI is InChI=1S/C26H30FN5O2/c1-32(2)25-21-5-3-4-6-22(21)30-26(31-25)29-20-13-11-19(12-14-20)28-24(34)16-15-23(33)17-7-9-18(27)10-8-17/h3-10,19-20H,11-16H2,1-2H3,(H,28,34)(H,29,30,31)/t19-,20+. The Morgan fingerprint density at radius 2 is 1.62 bits per heavy atom. The molecule has 4 rings (SSSR count). The van der Waals surface area contributed by atoms with E-state index in [2.05, 4.69) is 15.6 Å². The van der Waals surface area contributed by atoms with Gasteiger partial charge in [0.05, 0.1) is 5.52 Å². The number of halogens is 1. The number of rotatable bonds is 8. The van der Waals surface area contributed by atoms with E-state index in [-0.39, 0.29) is 42.4 Å². The molecule has 1 fully saturated rings. The zero-order valence-electron chi connectivity index (χ0n) is 19.6. The highest BCUT2D eigenvalue weighted by Crippen LogP contribution is 2.26. The molecule has 3 aromatic rings. The van der Waals surface area contributed by atoms with E-state index in [9.17, 15) is 14.0 Å². The third kappa shape index (κ3) is 5.87. The van der Waals surface area contributed by atoms with E-state index in [1.165, 1.54) is 24.3 Å². The largest absolute Gasteiger partial charge is 0.362 e. The van der Waals surface area contributed by atoms with Gasteiger partial charge in [0.15, 0.2) is 5.78 Å². The van der Waals surface area contributed by atoms with Crippen molar-refractivity contribution in [2.45, 2.75) is 50.6 Å². The van der Waals surface area contributed by atoms with Crippen LogP contribution >= 0.6 is 0 Å². The van der Waals surface area contributed by atoms with Crippen LogP contribution in [0.2, 0.25) is 0 Å². The summed E-state index contributed by atoms with van der Waals surface area (Å²) in [5.41, 5.74) is 1.33. The molecule has 0 spiro atoms. The Labute approximate surface area is 198 Å². The molecular weight excluding hydrogens is 433 g/mol. The molecule has 1 aliphatic rings. The third-order valence-corrected chi connectivity index (χ3v) is 6.18. The van der Waals surface area contributed by atoms with Crippen LogP contribution in [-0.4, -0.2) is 47.8 Å². The molecule has 1 aromatic heterocycles. The lowest BCUT2D eigenvalue weighted by Gasteiger charge is -2.30. The SMILES string of the molecule is CN(C)c1nc(N[C@H]2CC[C@@H](NC(=O)CCC(=O)c3ccc(F)cc3)CC2)nc2ccccc12. The Balaban J connectivity index is 1.25. The van der Waals surface area contributed by atoms with Crippen LogP contribution in [0.4, 0.5) is 16.2 Å². The summed E-state index contributed by atoms with van der Waals surface area (Å²) in [5, 5.41) is 7.54. The number of carbonyl (C=O) groups excluding carboxylic acids is 2. The summed E-state index contributed by atoms with van der Waals surface area (Å²) in [6, 6.07) is 13.7. The first kappa shape index (κ1) is 23.6. The second-order valence-corrected chi connectivity index (χ2v) is 8.97. The molecule has 7 nitrogen and oxygen atoms in total. The molecule has 2 N–H and O–H groups in total. The Morgan fingerprint density at radius 1 is 0.941 bits per heavy atom. The number of nitrogens with zero attached hydrogens (tertiary/aromatic N) is 3. The summed E-state index contributed by atoms with van der Waals surface area (Å²) in [6.07, 6.45) is 3.74. The van der Waals surface area contributed by atoms with Crippen molar-refractivity contribution in [1.82, 2.24) is 15.3 Å². The van der Waals surface area contributed by atoms with E-state index >= 15 is 0 Å². The average Bonchev–Trinajstić information content (AvgIpc) is 2.83. The fourth-order valence-corrected chi connectivity index (χ4v) is 4.34. The second-order valence-electron chi connectivity index (χ2n) is 8.97.